The van der Waals surface area contributed by atoms with Gasteiger partial charge in [-0.25, -0.2) is 4.68 Å². The standard InChI is InChI=1S/C24H35ClN4O2/c1-7-8-13-28(23(31)14-17(2)3)16-22(30)26-21-15-20(24(4,5)6)27-29(21)19-12-10-9-11-18(19)25/h9-12,15,17H,7-8,13-14,16H2,1-6H3,(H,26,30). The van der Waals surface area contributed by atoms with Crippen LogP contribution >= 0.6 is 11.6 Å². The molecule has 0 saturated carbocycles. The van der Waals surface area contributed by atoms with E-state index in [4.69, 9.17) is 16.7 Å². The third-order valence-corrected chi connectivity index (χ3v) is 5.20. The van der Waals surface area contributed by atoms with Crippen LogP contribution in [0.3, 0.4) is 0 Å². The molecule has 0 atom stereocenters. The molecule has 2 amide bonds. The predicted molar refractivity (Wildman–Crippen MR) is 127 cm³/mol. The summed E-state index contributed by atoms with van der Waals surface area (Å²) >= 11 is 6.40. The molecule has 7 heteroatoms. The van der Waals surface area contributed by atoms with Crippen LogP contribution in [-0.2, 0) is 15.0 Å². The van der Waals surface area contributed by atoms with Crippen LogP contribution in [0, 0.1) is 5.92 Å². The molecule has 1 aromatic carbocycles. The molecule has 0 saturated heterocycles. The van der Waals surface area contributed by atoms with Crippen LogP contribution in [0.5, 0.6) is 0 Å². The first kappa shape index (κ1) is 24.9. The molecular weight excluding hydrogens is 412 g/mol. The highest BCUT2D eigenvalue weighted by Gasteiger charge is 2.23. The predicted octanol–water partition coefficient (Wildman–Crippen LogP) is 5.44. The van der Waals surface area contributed by atoms with Crippen molar-refractivity contribution in [2.24, 2.45) is 5.92 Å². The van der Waals surface area contributed by atoms with Crippen LogP contribution < -0.4 is 5.32 Å². The maximum Gasteiger partial charge on any atom is 0.245 e. The molecule has 2 aromatic rings. The maximum absolute atomic E-state index is 12.9. The number of nitrogens with one attached hydrogen (secondary N) is 1. The second-order valence-corrected chi connectivity index (χ2v) is 9.75. The van der Waals surface area contributed by atoms with Gasteiger partial charge in [-0.05, 0) is 24.5 Å². The van der Waals surface area contributed by atoms with E-state index in [9.17, 15) is 9.59 Å². The average Bonchev–Trinajstić information content (AvgIpc) is 3.08. The summed E-state index contributed by atoms with van der Waals surface area (Å²) in [6.07, 6.45) is 2.26. The fourth-order valence-corrected chi connectivity index (χ4v) is 3.33. The van der Waals surface area contributed by atoms with E-state index < -0.39 is 0 Å². The largest absolute Gasteiger partial charge is 0.333 e. The van der Waals surface area contributed by atoms with Crippen molar-refractivity contribution in [3.05, 3.63) is 41.0 Å². The van der Waals surface area contributed by atoms with Gasteiger partial charge in [0.25, 0.3) is 0 Å². The van der Waals surface area contributed by atoms with Crippen LogP contribution in [0.4, 0.5) is 5.82 Å². The molecule has 0 aliphatic carbocycles. The summed E-state index contributed by atoms with van der Waals surface area (Å²) in [5.41, 5.74) is 1.32. The van der Waals surface area contributed by atoms with Crippen molar-refractivity contribution in [2.75, 3.05) is 18.4 Å². The van der Waals surface area contributed by atoms with E-state index in [-0.39, 0.29) is 29.7 Å². The molecule has 1 aromatic heterocycles. The van der Waals surface area contributed by atoms with Gasteiger partial charge < -0.3 is 10.2 Å². The molecule has 0 bridgehead atoms. The van der Waals surface area contributed by atoms with Gasteiger partial charge in [-0.15, -0.1) is 0 Å². The van der Waals surface area contributed by atoms with Gasteiger partial charge in [-0.2, -0.15) is 5.10 Å². The summed E-state index contributed by atoms with van der Waals surface area (Å²) in [7, 11) is 0. The third kappa shape index (κ3) is 7.10. The molecule has 0 spiro atoms. The molecule has 0 radical (unpaired) electrons. The molecule has 1 N–H and O–H groups in total. The minimum absolute atomic E-state index is 0.00796. The topological polar surface area (TPSA) is 67.2 Å². The zero-order valence-corrected chi connectivity index (χ0v) is 20.3. The van der Waals surface area contributed by atoms with Crippen molar-refractivity contribution in [1.82, 2.24) is 14.7 Å². The average molecular weight is 447 g/mol. The van der Waals surface area contributed by atoms with Crippen LogP contribution in [-0.4, -0.2) is 39.6 Å². The van der Waals surface area contributed by atoms with Gasteiger partial charge in [-0.1, -0.05) is 71.7 Å². The molecule has 0 aliphatic rings. The maximum atomic E-state index is 12.9. The summed E-state index contributed by atoms with van der Waals surface area (Å²) in [6, 6.07) is 9.25. The second-order valence-electron chi connectivity index (χ2n) is 9.34. The lowest BCUT2D eigenvalue weighted by molar-refractivity contribution is -0.135. The van der Waals surface area contributed by atoms with Crippen LogP contribution in [0.1, 0.15) is 66.5 Å². The Hall–Kier alpha value is -2.34. The number of halogens is 1. The SMILES string of the molecule is CCCCN(CC(=O)Nc1cc(C(C)(C)C)nn1-c1ccccc1Cl)C(=O)CC(C)C. The van der Waals surface area contributed by atoms with E-state index in [1.807, 2.05) is 38.1 Å². The summed E-state index contributed by atoms with van der Waals surface area (Å²) in [5, 5.41) is 8.20. The van der Waals surface area contributed by atoms with Gasteiger partial charge >= 0.3 is 0 Å². The first-order valence-electron chi connectivity index (χ1n) is 11.0. The number of unbranched alkanes of at least 4 members (excludes halogenated alkanes) is 1. The van der Waals surface area contributed by atoms with Gasteiger partial charge in [-0.3, -0.25) is 9.59 Å². The number of carbonyl (C=O) groups is 2. The quantitative estimate of drug-likeness (QED) is 0.557. The Kier molecular flexibility index (Phi) is 8.69. The van der Waals surface area contributed by atoms with Crippen molar-refractivity contribution in [1.29, 1.82) is 0 Å². The summed E-state index contributed by atoms with van der Waals surface area (Å²) in [4.78, 5) is 27.2. The Morgan fingerprint density at radius 3 is 2.48 bits per heavy atom. The molecule has 0 unspecified atom stereocenters. The lowest BCUT2D eigenvalue weighted by Crippen LogP contribution is -2.39. The smallest absolute Gasteiger partial charge is 0.245 e. The highest BCUT2D eigenvalue weighted by atomic mass is 35.5. The monoisotopic (exact) mass is 446 g/mol. The van der Waals surface area contributed by atoms with E-state index >= 15 is 0 Å². The van der Waals surface area contributed by atoms with Gasteiger partial charge in [0.1, 0.15) is 5.82 Å². The van der Waals surface area contributed by atoms with E-state index in [0.29, 0.717) is 29.5 Å². The van der Waals surface area contributed by atoms with E-state index in [0.717, 1.165) is 18.5 Å². The number of hydrogen-bond donors (Lipinski definition) is 1. The number of carbonyl (C=O) groups excluding carboxylic acids is 2. The molecule has 170 valence electrons. The first-order chi connectivity index (χ1) is 14.5. The van der Waals surface area contributed by atoms with Crippen molar-refractivity contribution in [2.45, 2.75) is 66.2 Å². The lowest BCUT2D eigenvalue weighted by Gasteiger charge is -2.23. The van der Waals surface area contributed by atoms with Crippen LogP contribution in [0.25, 0.3) is 5.69 Å². The number of nitrogens with zero attached hydrogens (tertiary/aromatic N) is 3. The Bertz CT molecular complexity index is 899. The number of benzene rings is 1. The number of aromatic nitrogens is 2. The highest BCUT2D eigenvalue weighted by Crippen LogP contribution is 2.29. The molecular formula is C24H35ClN4O2. The van der Waals surface area contributed by atoms with Crippen LogP contribution in [0.2, 0.25) is 5.02 Å². The zero-order chi connectivity index (χ0) is 23.2. The van der Waals surface area contributed by atoms with E-state index in [2.05, 4.69) is 33.0 Å². The molecule has 0 aliphatic heterocycles. The number of anilines is 1. The van der Waals surface area contributed by atoms with Gasteiger partial charge in [0.05, 0.1) is 22.9 Å². The summed E-state index contributed by atoms with van der Waals surface area (Å²) < 4.78 is 1.66. The summed E-state index contributed by atoms with van der Waals surface area (Å²) in [5.74, 6) is 0.543. The Balaban J connectivity index is 2.29. The van der Waals surface area contributed by atoms with Crippen LogP contribution in [0.15, 0.2) is 30.3 Å². The Labute approximate surface area is 191 Å². The number of rotatable bonds is 9. The first-order valence-corrected chi connectivity index (χ1v) is 11.3. The third-order valence-electron chi connectivity index (χ3n) is 4.88. The Morgan fingerprint density at radius 1 is 1.23 bits per heavy atom. The number of hydrogen-bond acceptors (Lipinski definition) is 3. The molecule has 31 heavy (non-hydrogen) atoms. The van der Waals surface area contributed by atoms with E-state index in [1.54, 1.807) is 15.6 Å². The highest BCUT2D eigenvalue weighted by molar-refractivity contribution is 6.32. The van der Waals surface area contributed by atoms with Crippen molar-refractivity contribution < 1.29 is 9.59 Å². The normalized spacial score (nSPS) is 11.6. The Morgan fingerprint density at radius 2 is 1.90 bits per heavy atom. The molecule has 0 fully saturated rings. The van der Waals surface area contributed by atoms with Crippen molar-refractivity contribution in [3.8, 4) is 5.69 Å². The second kappa shape index (κ2) is 10.8. The molecule has 6 nitrogen and oxygen atoms in total. The molecule has 2 rings (SSSR count). The van der Waals surface area contributed by atoms with Gasteiger partial charge in [0, 0.05) is 24.4 Å². The zero-order valence-electron chi connectivity index (χ0n) is 19.5. The molecule has 1 heterocycles. The van der Waals surface area contributed by atoms with Crippen molar-refractivity contribution >= 4 is 29.2 Å². The lowest BCUT2D eigenvalue weighted by atomic mass is 9.92. The number of amides is 2. The minimum Gasteiger partial charge on any atom is -0.333 e. The van der Waals surface area contributed by atoms with Crippen molar-refractivity contribution in [3.63, 3.8) is 0 Å². The van der Waals surface area contributed by atoms with E-state index in [1.165, 1.54) is 0 Å². The fourth-order valence-electron chi connectivity index (χ4n) is 3.12. The van der Waals surface area contributed by atoms with Gasteiger partial charge in [0.15, 0.2) is 0 Å². The fraction of sp³-hybridized carbons (Fsp3) is 0.542. The number of para-hydroxylation sites is 1. The minimum atomic E-state index is -0.248. The van der Waals surface area contributed by atoms with Gasteiger partial charge in [0.2, 0.25) is 11.8 Å². The summed E-state index contributed by atoms with van der Waals surface area (Å²) in [6.45, 7) is 12.9.